The molecule has 17 heavy (non-hydrogen) atoms. The monoisotopic (exact) mass is 284 g/mol. The van der Waals surface area contributed by atoms with E-state index in [2.05, 4.69) is 6.08 Å². The normalized spacial score (nSPS) is 18.7. The van der Waals surface area contributed by atoms with Gasteiger partial charge in [0.2, 0.25) is 0 Å². The first kappa shape index (κ1) is 12.8. The Hall–Kier alpha value is -0.650. The van der Waals surface area contributed by atoms with Gasteiger partial charge in [-0.05, 0) is 17.5 Å². The fourth-order valence-electron chi connectivity index (χ4n) is 1.51. The van der Waals surface area contributed by atoms with Gasteiger partial charge in [-0.1, -0.05) is 39.9 Å². The molecule has 2 rings (SSSR count). The first-order chi connectivity index (χ1) is 8.28. The Morgan fingerprint density at radius 2 is 2.12 bits per heavy atom. The third kappa shape index (κ3) is 2.78. The number of methoxy groups -OCH3 is 2. The Labute approximate surface area is 114 Å². The zero-order valence-electron chi connectivity index (χ0n) is 9.51. The van der Waals surface area contributed by atoms with Crippen LogP contribution in [0.3, 0.4) is 0 Å². The molecule has 0 N–H and O–H groups in total. The third-order valence-electron chi connectivity index (χ3n) is 2.37. The summed E-state index contributed by atoms with van der Waals surface area (Å²) in [7, 11) is 6.80. The van der Waals surface area contributed by atoms with E-state index in [4.69, 9.17) is 21.7 Å². The maximum absolute atomic E-state index is 5.39. The smallest absolute Gasteiger partial charge is 0.130 e. The van der Waals surface area contributed by atoms with Crippen LogP contribution in [-0.2, 0) is 0 Å². The summed E-state index contributed by atoms with van der Waals surface area (Å²) in [6, 6.07) is 5.85. The van der Waals surface area contributed by atoms with Crippen molar-refractivity contribution in [1.29, 1.82) is 0 Å². The van der Waals surface area contributed by atoms with Crippen molar-refractivity contribution >= 4 is 44.1 Å². The average molecular weight is 284 g/mol. The molecule has 5 heteroatoms. The van der Waals surface area contributed by atoms with Crippen molar-refractivity contribution in [3.63, 3.8) is 0 Å². The molecule has 0 radical (unpaired) electrons. The molecule has 1 unspecified atom stereocenters. The lowest BCUT2D eigenvalue weighted by Crippen LogP contribution is -1.93. The van der Waals surface area contributed by atoms with Crippen molar-refractivity contribution in [3.8, 4) is 11.5 Å². The van der Waals surface area contributed by atoms with Crippen LogP contribution in [0.15, 0.2) is 24.3 Å². The van der Waals surface area contributed by atoms with Crippen LogP contribution in [-0.4, -0.2) is 24.8 Å². The average Bonchev–Trinajstić information content (AvgIpc) is 2.86. The molecular weight excluding hydrogens is 272 g/mol. The van der Waals surface area contributed by atoms with Crippen LogP contribution in [0, 0.1) is 0 Å². The predicted molar refractivity (Wildman–Crippen MR) is 80.1 cm³/mol. The van der Waals surface area contributed by atoms with Crippen molar-refractivity contribution in [2.45, 2.75) is 5.25 Å². The van der Waals surface area contributed by atoms with Crippen molar-refractivity contribution in [2.75, 3.05) is 14.2 Å². The van der Waals surface area contributed by atoms with E-state index in [-0.39, 0.29) is 0 Å². The SMILES string of the molecule is COc1ccc(C2=CC(C=S)SS2)c(OC)c1. The lowest BCUT2D eigenvalue weighted by molar-refractivity contribution is 0.393. The molecule has 90 valence electrons. The third-order valence-corrected chi connectivity index (χ3v) is 5.46. The predicted octanol–water partition coefficient (Wildman–Crippen LogP) is 3.81. The van der Waals surface area contributed by atoms with E-state index < -0.39 is 0 Å². The van der Waals surface area contributed by atoms with Gasteiger partial charge < -0.3 is 9.47 Å². The molecule has 1 atom stereocenters. The first-order valence-corrected chi connectivity index (χ1v) is 7.69. The Kier molecular flexibility index (Phi) is 4.36. The van der Waals surface area contributed by atoms with Crippen molar-refractivity contribution in [3.05, 3.63) is 29.8 Å². The molecule has 0 bridgehead atoms. The molecule has 1 aromatic rings. The minimum atomic E-state index is 0.303. The highest BCUT2D eigenvalue weighted by atomic mass is 33.1. The molecule has 0 aliphatic carbocycles. The fraction of sp³-hybridized carbons (Fsp3) is 0.250. The summed E-state index contributed by atoms with van der Waals surface area (Å²) in [5.41, 5.74) is 1.09. The summed E-state index contributed by atoms with van der Waals surface area (Å²) >= 11 is 4.96. The second-order valence-electron chi connectivity index (χ2n) is 3.38. The number of hydrogen-bond donors (Lipinski definition) is 0. The minimum Gasteiger partial charge on any atom is -0.497 e. The fourth-order valence-corrected chi connectivity index (χ4v) is 4.38. The van der Waals surface area contributed by atoms with Crippen LogP contribution in [0.5, 0.6) is 11.5 Å². The Morgan fingerprint density at radius 1 is 1.29 bits per heavy atom. The topological polar surface area (TPSA) is 18.5 Å². The van der Waals surface area contributed by atoms with Crippen LogP contribution in [0.2, 0.25) is 0 Å². The van der Waals surface area contributed by atoms with Crippen LogP contribution in [0.1, 0.15) is 5.56 Å². The maximum Gasteiger partial charge on any atom is 0.130 e. The molecule has 1 aliphatic rings. The number of ether oxygens (including phenoxy) is 2. The summed E-state index contributed by atoms with van der Waals surface area (Å²) in [4.78, 5) is 1.20. The second kappa shape index (κ2) is 5.80. The van der Waals surface area contributed by atoms with Gasteiger partial charge in [0.25, 0.3) is 0 Å². The van der Waals surface area contributed by atoms with Gasteiger partial charge in [0, 0.05) is 16.5 Å². The quantitative estimate of drug-likeness (QED) is 0.616. The van der Waals surface area contributed by atoms with Gasteiger partial charge >= 0.3 is 0 Å². The maximum atomic E-state index is 5.39. The summed E-state index contributed by atoms with van der Waals surface area (Å²) < 4.78 is 10.6. The van der Waals surface area contributed by atoms with Crippen molar-refractivity contribution in [1.82, 2.24) is 0 Å². The summed E-state index contributed by atoms with van der Waals surface area (Å²) in [5.74, 6) is 1.63. The highest BCUT2D eigenvalue weighted by molar-refractivity contribution is 8.81. The van der Waals surface area contributed by atoms with E-state index in [1.807, 2.05) is 18.2 Å². The molecular formula is C12H12O2S3. The highest BCUT2D eigenvalue weighted by Gasteiger charge is 2.19. The van der Waals surface area contributed by atoms with E-state index in [0.717, 1.165) is 17.1 Å². The van der Waals surface area contributed by atoms with Crippen molar-refractivity contribution < 1.29 is 9.47 Å². The van der Waals surface area contributed by atoms with Gasteiger partial charge in [0.15, 0.2) is 0 Å². The Bertz CT molecular complexity index is 457. The molecule has 0 amide bonds. The molecule has 0 spiro atoms. The van der Waals surface area contributed by atoms with E-state index in [1.54, 1.807) is 41.2 Å². The largest absolute Gasteiger partial charge is 0.497 e. The Balaban J connectivity index is 2.35. The summed E-state index contributed by atoms with van der Waals surface area (Å²) in [6.45, 7) is 0. The second-order valence-corrected chi connectivity index (χ2v) is 6.07. The van der Waals surface area contributed by atoms with Crippen molar-refractivity contribution in [2.24, 2.45) is 0 Å². The van der Waals surface area contributed by atoms with Gasteiger partial charge in [-0.2, -0.15) is 0 Å². The van der Waals surface area contributed by atoms with E-state index >= 15 is 0 Å². The number of rotatable bonds is 4. The number of hydrogen-bond acceptors (Lipinski definition) is 5. The molecule has 1 aromatic carbocycles. The van der Waals surface area contributed by atoms with Crippen LogP contribution >= 0.6 is 33.8 Å². The van der Waals surface area contributed by atoms with E-state index in [9.17, 15) is 0 Å². The van der Waals surface area contributed by atoms with Crippen LogP contribution in [0.4, 0.5) is 0 Å². The van der Waals surface area contributed by atoms with Gasteiger partial charge in [-0.15, -0.1) is 0 Å². The van der Waals surface area contributed by atoms with E-state index in [1.165, 1.54) is 4.91 Å². The highest BCUT2D eigenvalue weighted by Crippen LogP contribution is 2.49. The molecule has 1 aliphatic heterocycles. The first-order valence-electron chi connectivity index (χ1n) is 5.01. The molecule has 0 fully saturated rings. The van der Waals surface area contributed by atoms with E-state index in [0.29, 0.717) is 5.25 Å². The van der Waals surface area contributed by atoms with Gasteiger partial charge in [-0.25, -0.2) is 0 Å². The van der Waals surface area contributed by atoms with Gasteiger partial charge in [0.05, 0.1) is 19.5 Å². The summed E-state index contributed by atoms with van der Waals surface area (Å²) in [5, 5.41) is 2.08. The zero-order chi connectivity index (χ0) is 12.3. The lowest BCUT2D eigenvalue weighted by Gasteiger charge is -2.10. The molecule has 2 nitrogen and oxygen atoms in total. The minimum absolute atomic E-state index is 0.303. The molecule has 1 heterocycles. The van der Waals surface area contributed by atoms with Gasteiger partial charge in [0.1, 0.15) is 11.5 Å². The summed E-state index contributed by atoms with van der Waals surface area (Å²) in [6.07, 6.45) is 2.16. The van der Waals surface area contributed by atoms with Crippen LogP contribution in [0.25, 0.3) is 4.91 Å². The molecule has 0 aromatic heterocycles. The standard InChI is InChI=1S/C12H12O2S3/c1-13-8-3-4-10(11(5-8)14-2)12-6-9(7-15)16-17-12/h3-7,9H,1-2H3. The van der Waals surface area contributed by atoms with Crippen LogP contribution < -0.4 is 9.47 Å². The number of thiocarbonyl (C=S) groups is 1. The van der Waals surface area contributed by atoms with Gasteiger partial charge in [-0.3, -0.25) is 0 Å². The molecule has 0 saturated carbocycles. The Morgan fingerprint density at radius 3 is 2.71 bits per heavy atom. The lowest BCUT2D eigenvalue weighted by atomic mass is 10.1. The number of benzene rings is 1. The zero-order valence-corrected chi connectivity index (χ0v) is 12.0. The molecule has 0 saturated heterocycles.